The van der Waals surface area contributed by atoms with Gasteiger partial charge in [0.05, 0.1) is 0 Å². The molecule has 2 N–H and O–H groups in total. The molecule has 8 rings (SSSR count). The fourth-order valence-electron chi connectivity index (χ4n) is 14.7. The van der Waals surface area contributed by atoms with Crippen molar-refractivity contribution >= 4 is 17.7 Å². The van der Waals surface area contributed by atoms with Gasteiger partial charge < -0.3 is 20.1 Å². The minimum Gasteiger partial charge on any atom is -0.481 e. The minimum absolute atomic E-state index is 0.0605. The van der Waals surface area contributed by atoms with E-state index in [0.717, 1.165) is 24.8 Å². The maximum absolute atomic E-state index is 12.7. The first-order valence-corrected chi connectivity index (χ1v) is 23.3. The number of nitrogens with zero attached hydrogens (tertiary/aromatic N) is 2. The van der Waals surface area contributed by atoms with Crippen LogP contribution < -0.4 is 10.1 Å². The van der Waals surface area contributed by atoms with Crippen molar-refractivity contribution in [3.05, 3.63) is 59.8 Å². The van der Waals surface area contributed by atoms with Crippen LogP contribution in [-0.2, 0) is 4.79 Å². The number of nitrogens with one attached hydrogen (secondary N) is 1. The molecule has 1 aliphatic heterocycles. The number of aliphatic carboxylic acids is 1. The Morgan fingerprint density at radius 2 is 1.76 bits per heavy atom. The molecule has 302 valence electrons. The predicted octanol–water partition coefficient (Wildman–Crippen LogP) is 10.1. The molecule has 6 aliphatic carbocycles. The van der Waals surface area contributed by atoms with E-state index < -0.39 is 11.4 Å². The van der Waals surface area contributed by atoms with E-state index in [0.29, 0.717) is 59.1 Å². The van der Waals surface area contributed by atoms with Crippen molar-refractivity contribution < 1.29 is 14.6 Å². The van der Waals surface area contributed by atoms with Crippen molar-refractivity contribution in [3.63, 3.8) is 0 Å². The topological polar surface area (TPSA) is 74.7 Å². The van der Waals surface area contributed by atoms with E-state index in [9.17, 15) is 9.90 Å². The molecule has 2 heterocycles. The summed E-state index contributed by atoms with van der Waals surface area (Å²) in [6.45, 7) is 25.1. The Hall–Kier alpha value is -2.09. The van der Waals surface area contributed by atoms with Crippen LogP contribution in [-0.4, -0.2) is 70.8 Å². The summed E-state index contributed by atoms with van der Waals surface area (Å²) in [4.78, 5) is 19.7. The highest BCUT2D eigenvalue weighted by Crippen LogP contribution is 2.74. The summed E-state index contributed by atoms with van der Waals surface area (Å²) in [5.41, 5.74) is 4.41. The van der Waals surface area contributed by atoms with E-state index in [1.807, 2.05) is 12.1 Å². The first kappa shape index (κ1) is 39.7. The van der Waals surface area contributed by atoms with Crippen LogP contribution in [0.5, 0.6) is 5.88 Å². The number of carbonyl (C=O) groups is 1. The van der Waals surface area contributed by atoms with Gasteiger partial charge in [-0.05, 0) is 152 Å². The number of hydrogen-bond donors (Lipinski definition) is 2. The molecule has 0 bridgehead atoms. The smallest absolute Gasteiger partial charge is 0.313 e. The SMILES string of the molecule is C=C(C)[C@@H]1CC[C@]2(NCCN3CCSCC3)CC[C@]3(C)[C@H](CC[C@@H]4[C@@H]5[C@@H](CC[C@]43C)C(C)(C)C(C3=CC[C@](COc4ccccn4)(C(=O)O)CC3)=C[C@@H]5C)[C@@H]12. The quantitative estimate of drug-likeness (QED) is 0.230. The van der Waals surface area contributed by atoms with Crippen molar-refractivity contribution in [2.24, 2.45) is 63.1 Å². The van der Waals surface area contributed by atoms with Crippen LogP contribution in [0.1, 0.15) is 112 Å². The van der Waals surface area contributed by atoms with Gasteiger partial charge in [0.15, 0.2) is 0 Å². The summed E-state index contributed by atoms with van der Waals surface area (Å²) in [6.07, 6.45) is 19.2. The van der Waals surface area contributed by atoms with E-state index in [1.54, 1.807) is 12.3 Å². The van der Waals surface area contributed by atoms with E-state index in [4.69, 9.17) is 4.74 Å². The lowest BCUT2D eigenvalue weighted by atomic mass is 9.35. The van der Waals surface area contributed by atoms with E-state index in [-0.39, 0.29) is 17.6 Å². The highest BCUT2D eigenvalue weighted by Gasteiger charge is 2.69. The second kappa shape index (κ2) is 14.9. The van der Waals surface area contributed by atoms with Crippen LogP contribution in [0.25, 0.3) is 0 Å². The molecule has 0 amide bonds. The van der Waals surface area contributed by atoms with Gasteiger partial charge in [0.1, 0.15) is 12.0 Å². The summed E-state index contributed by atoms with van der Waals surface area (Å²) < 4.78 is 5.97. The third kappa shape index (κ3) is 6.61. The maximum atomic E-state index is 12.7. The molecule has 7 heteroatoms. The normalized spacial score (nSPS) is 42.5. The molecule has 0 spiro atoms. The van der Waals surface area contributed by atoms with Gasteiger partial charge in [-0.2, -0.15) is 11.8 Å². The maximum Gasteiger partial charge on any atom is 0.313 e. The standard InChI is InChI=1S/C48H71N3O3S/c1-32(2)35-15-20-48(50-24-25-51-26-28-55-29-27-51)22-21-46(7)38(42(35)48)12-11-37-41-33(3)30-39(44(4,5)36(41)16-17-45(37,46)6)34-13-18-47(19-14-34,43(52)53)31-54-40-10-8-9-23-49-40/h8-10,13,23,30,33,35-38,41-42,50H,1,11-12,14-22,24-29,31H2,2-7H3,(H,52,53)/t33-,35-,36+,37+,38+,41-,42+,45+,46+,47-,48-/m0/s1. The number of carboxylic acid groups (broad SMARTS) is 1. The van der Waals surface area contributed by atoms with Crippen molar-refractivity contribution in [3.8, 4) is 5.88 Å². The molecule has 5 fully saturated rings. The Morgan fingerprint density at radius 1 is 1.00 bits per heavy atom. The van der Waals surface area contributed by atoms with E-state index in [2.05, 4.69) is 87.2 Å². The third-order valence-electron chi connectivity index (χ3n) is 18.0. The van der Waals surface area contributed by atoms with Crippen LogP contribution in [0.2, 0.25) is 0 Å². The molecule has 4 saturated carbocycles. The number of allylic oxidation sites excluding steroid dienone is 5. The van der Waals surface area contributed by atoms with Crippen LogP contribution in [0, 0.1) is 63.1 Å². The highest BCUT2D eigenvalue weighted by atomic mass is 32.2. The van der Waals surface area contributed by atoms with Gasteiger partial charge in [-0.1, -0.05) is 65.0 Å². The van der Waals surface area contributed by atoms with Crippen LogP contribution in [0.15, 0.2) is 59.8 Å². The Morgan fingerprint density at radius 3 is 2.45 bits per heavy atom. The number of pyridine rings is 1. The Labute approximate surface area is 337 Å². The summed E-state index contributed by atoms with van der Waals surface area (Å²) in [6, 6.07) is 5.53. The minimum atomic E-state index is -0.919. The lowest BCUT2D eigenvalue weighted by Crippen LogP contribution is -2.67. The van der Waals surface area contributed by atoms with Gasteiger partial charge in [0.25, 0.3) is 0 Å². The van der Waals surface area contributed by atoms with Crippen molar-refractivity contribution in [1.82, 2.24) is 15.2 Å². The van der Waals surface area contributed by atoms with Crippen LogP contribution in [0.4, 0.5) is 0 Å². The van der Waals surface area contributed by atoms with Crippen molar-refractivity contribution in [2.75, 3.05) is 44.3 Å². The van der Waals surface area contributed by atoms with Gasteiger partial charge in [-0.15, -0.1) is 0 Å². The monoisotopic (exact) mass is 770 g/mol. The fraction of sp³-hybridized carbons (Fsp3) is 0.750. The van der Waals surface area contributed by atoms with Gasteiger partial charge >= 0.3 is 5.97 Å². The van der Waals surface area contributed by atoms with Gasteiger partial charge in [0.2, 0.25) is 5.88 Å². The first-order valence-electron chi connectivity index (χ1n) is 22.1. The summed E-state index contributed by atoms with van der Waals surface area (Å²) in [5.74, 6) is 7.00. The number of thioether (sulfide) groups is 1. The molecule has 7 aliphatic rings. The fourth-order valence-corrected chi connectivity index (χ4v) is 15.7. The zero-order valence-electron chi connectivity index (χ0n) is 35.0. The molecular weight excluding hydrogens is 699 g/mol. The van der Waals surface area contributed by atoms with Gasteiger partial charge in [-0.25, -0.2) is 4.98 Å². The lowest BCUT2D eigenvalue weighted by Gasteiger charge is -2.70. The van der Waals surface area contributed by atoms with Crippen LogP contribution in [0.3, 0.4) is 0 Å². The average Bonchev–Trinajstić information content (AvgIpc) is 3.56. The number of ether oxygens (including phenoxy) is 1. The molecule has 11 atom stereocenters. The lowest BCUT2D eigenvalue weighted by molar-refractivity contribution is -0.201. The van der Waals surface area contributed by atoms with Crippen LogP contribution >= 0.6 is 11.8 Å². The number of aromatic nitrogens is 1. The van der Waals surface area contributed by atoms with E-state index in [1.165, 1.54) is 99.2 Å². The first-order chi connectivity index (χ1) is 26.2. The largest absolute Gasteiger partial charge is 0.481 e. The second-order valence-electron chi connectivity index (χ2n) is 20.5. The zero-order valence-corrected chi connectivity index (χ0v) is 35.8. The number of fused-ring (bicyclic) bond motifs is 7. The molecular formula is C48H71N3O3S. The summed E-state index contributed by atoms with van der Waals surface area (Å²) >= 11 is 2.11. The Bertz CT molecular complexity index is 1670. The Kier molecular flexibility index (Phi) is 10.8. The Balaban J connectivity index is 1.02. The molecule has 0 unspecified atom stereocenters. The highest BCUT2D eigenvalue weighted by molar-refractivity contribution is 7.99. The second-order valence-corrected chi connectivity index (χ2v) is 21.8. The molecule has 6 nitrogen and oxygen atoms in total. The number of rotatable bonds is 10. The molecule has 1 aromatic rings. The average molecular weight is 770 g/mol. The summed E-state index contributed by atoms with van der Waals surface area (Å²) in [5, 5.41) is 14.8. The molecule has 55 heavy (non-hydrogen) atoms. The third-order valence-corrected chi connectivity index (χ3v) is 18.9. The van der Waals surface area contributed by atoms with Crippen molar-refractivity contribution in [1.29, 1.82) is 0 Å². The molecule has 1 saturated heterocycles. The van der Waals surface area contributed by atoms with E-state index >= 15 is 0 Å². The van der Waals surface area contributed by atoms with Gasteiger partial charge in [0, 0.05) is 55.5 Å². The molecule has 1 aromatic heterocycles. The zero-order chi connectivity index (χ0) is 38.8. The molecule has 0 radical (unpaired) electrons. The predicted molar refractivity (Wildman–Crippen MR) is 226 cm³/mol. The molecule has 0 aromatic carbocycles. The number of carboxylic acids is 1. The summed E-state index contributed by atoms with van der Waals surface area (Å²) in [7, 11) is 0. The van der Waals surface area contributed by atoms with Crippen molar-refractivity contribution in [2.45, 2.75) is 118 Å². The van der Waals surface area contributed by atoms with Gasteiger partial charge in [-0.3, -0.25) is 4.79 Å². The number of hydrogen-bond acceptors (Lipinski definition) is 6.